The summed E-state index contributed by atoms with van der Waals surface area (Å²) in [4.78, 5) is 25.2. The lowest BCUT2D eigenvalue weighted by molar-refractivity contribution is -0.142. The number of aromatic nitrogens is 2. The minimum absolute atomic E-state index is 0.112. The van der Waals surface area contributed by atoms with Crippen LogP contribution in [-0.2, 0) is 4.79 Å². The van der Waals surface area contributed by atoms with Crippen molar-refractivity contribution in [2.75, 3.05) is 13.1 Å². The number of hydrogen-bond acceptors (Lipinski definition) is 3. The van der Waals surface area contributed by atoms with E-state index in [1.165, 1.54) is 0 Å². The highest BCUT2D eigenvalue weighted by Crippen LogP contribution is 2.44. The number of carbonyl (C=O) groups is 2. The second kappa shape index (κ2) is 4.36. The molecule has 1 aliphatic heterocycles. The monoisotopic (exact) mass is 263 g/mol. The van der Waals surface area contributed by atoms with Crippen molar-refractivity contribution in [1.82, 2.24) is 15.1 Å². The van der Waals surface area contributed by atoms with E-state index in [-0.39, 0.29) is 11.8 Å². The summed E-state index contributed by atoms with van der Waals surface area (Å²) in [5, 5.41) is 16.0. The van der Waals surface area contributed by atoms with Crippen LogP contribution in [0.3, 0.4) is 0 Å². The fourth-order valence-corrected chi connectivity index (χ4v) is 2.95. The summed E-state index contributed by atoms with van der Waals surface area (Å²) in [7, 11) is 0. The number of aromatic amines is 1. The van der Waals surface area contributed by atoms with Gasteiger partial charge in [-0.15, -0.1) is 0 Å². The maximum Gasteiger partial charge on any atom is 0.308 e. The molecule has 6 nitrogen and oxygen atoms in total. The molecule has 2 aliphatic rings. The quantitative estimate of drug-likeness (QED) is 0.848. The largest absolute Gasteiger partial charge is 0.481 e. The van der Waals surface area contributed by atoms with Gasteiger partial charge in [-0.05, 0) is 37.7 Å². The Morgan fingerprint density at radius 1 is 1.42 bits per heavy atom. The van der Waals surface area contributed by atoms with Gasteiger partial charge in [0.15, 0.2) is 0 Å². The molecule has 1 aromatic rings. The molecule has 6 heteroatoms. The first-order valence-electron chi connectivity index (χ1n) is 6.60. The SMILES string of the molecule is Cc1cc(C(=O)N2CC(C(=O)O)C(C3CC3)C2)n[nH]1. The Morgan fingerprint density at radius 3 is 2.68 bits per heavy atom. The number of aryl methyl sites for hydroxylation is 1. The minimum atomic E-state index is -0.787. The molecule has 102 valence electrons. The normalized spacial score (nSPS) is 26.7. The second-order valence-corrected chi connectivity index (χ2v) is 5.59. The molecule has 1 aromatic heterocycles. The van der Waals surface area contributed by atoms with Gasteiger partial charge in [0.1, 0.15) is 5.69 Å². The Morgan fingerprint density at radius 2 is 2.16 bits per heavy atom. The van der Waals surface area contributed by atoms with E-state index >= 15 is 0 Å². The van der Waals surface area contributed by atoms with Gasteiger partial charge in [-0.1, -0.05) is 0 Å². The van der Waals surface area contributed by atoms with Gasteiger partial charge in [0.2, 0.25) is 0 Å². The lowest BCUT2D eigenvalue weighted by Crippen LogP contribution is -2.30. The van der Waals surface area contributed by atoms with Crippen molar-refractivity contribution < 1.29 is 14.7 Å². The maximum atomic E-state index is 12.3. The molecule has 0 radical (unpaired) electrons. The van der Waals surface area contributed by atoms with E-state index < -0.39 is 11.9 Å². The zero-order valence-electron chi connectivity index (χ0n) is 10.8. The van der Waals surface area contributed by atoms with E-state index in [1.54, 1.807) is 11.0 Å². The van der Waals surface area contributed by atoms with Crippen LogP contribution in [0.5, 0.6) is 0 Å². The molecule has 3 rings (SSSR count). The number of carbonyl (C=O) groups excluding carboxylic acids is 1. The predicted molar refractivity (Wildman–Crippen MR) is 66.6 cm³/mol. The topological polar surface area (TPSA) is 86.3 Å². The lowest BCUT2D eigenvalue weighted by Gasteiger charge is -2.14. The Bertz CT molecular complexity index is 521. The number of nitrogens with zero attached hydrogens (tertiary/aromatic N) is 2. The molecule has 0 bridgehead atoms. The van der Waals surface area contributed by atoms with Crippen LogP contribution in [0, 0.1) is 24.7 Å². The van der Waals surface area contributed by atoms with Crippen LogP contribution in [-0.4, -0.2) is 45.2 Å². The molecule has 2 heterocycles. The van der Waals surface area contributed by atoms with Crippen molar-refractivity contribution in [1.29, 1.82) is 0 Å². The molecule has 1 aliphatic carbocycles. The van der Waals surface area contributed by atoms with Crippen molar-refractivity contribution >= 4 is 11.9 Å². The Balaban J connectivity index is 1.75. The molecule has 19 heavy (non-hydrogen) atoms. The number of rotatable bonds is 3. The van der Waals surface area contributed by atoms with Crippen LogP contribution in [0.25, 0.3) is 0 Å². The summed E-state index contributed by atoms with van der Waals surface area (Å²) in [5.74, 6) is -0.776. The maximum absolute atomic E-state index is 12.3. The van der Waals surface area contributed by atoms with Crippen LogP contribution in [0.2, 0.25) is 0 Å². The molecule has 2 atom stereocenters. The van der Waals surface area contributed by atoms with Gasteiger partial charge >= 0.3 is 5.97 Å². The predicted octanol–water partition coefficient (Wildman–Crippen LogP) is 0.901. The fraction of sp³-hybridized carbons (Fsp3) is 0.615. The molecule has 1 amide bonds. The van der Waals surface area contributed by atoms with Crippen molar-refractivity contribution in [3.05, 3.63) is 17.5 Å². The summed E-state index contributed by atoms with van der Waals surface area (Å²) in [6, 6.07) is 1.70. The van der Waals surface area contributed by atoms with Crippen LogP contribution >= 0.6 is 0 Å². The van der Waals surface area contributed by atoms with Crippen LogP contribution in [0.1, 0.15) is 29.0 Å². The first kappa shape index (κ1) is 12.2. The van der Waals surface area contributed by atoms with E-state index in [4.69, 9.17) is 0 Å². The summed E-state index contributed by atoms with van der Waals surface area (Å²) < 4.78 is 0. The second-order valence-electron chi connectivity index (χ2n) is 5.59. The fourth-order valence-electron chi connectivity index (χ4n) is 2.95. The minimum Gasteiger partial charge on any atom is -0.481 e. The Kier molecular flexibility index (Phi) is 2.80. The van der Waals surface area contributed by atoms with Gasteiger partial charge in [0.05, 0.1) is 5.92 Å². The third-order valence-electron chi connectivity index (χ3n) is 4.12. The summed E-state index contributed by atoms with van der Waals surface area (Å²) in [5.41, 5.74) is 1.20. The third kappa shape index (κ3) is 2.22. The number of hydrogen-bond donors (Lipinski definition) is 2. The number of likely N-dealkylation sites (tertiary alicyclic amines) is 1. The van der Waals surface area contributed by atoms with Gasteiger partial charge in [0.25, 0.3) is 5.91 Å². The highest BCUT2D eigenvalue weighted by molar-refractivity contribution is 5.93. The van der Waals surface area contributed by atoms with Crippen molar-refractivity contribution in [2.24, 2.45) is 17.8 Å². The Labute approximate surface area is 110 Å². The Hall–Kier alpha value is -1.85. The van der Waals surface area contributed by atoms with Gasteiger partial charge in [-0.3, -0.25) is 14.7 Å². The van der Waals surface area contributed by atoms with Gasteiger partial charge in [-0.2, -0.15) is 5.10 Å². The number of H-pyrrole nitrogens is 1. The van der Waals surface area contributed by atoms with Crippen LogP contribution < -0.4 is 0 Å². The smallest absolute Gasteiger partial charge is 0.308 e. The average Bonchev–Trinajstić information content (AvgIpc) is 2.96. The number of amides is 1. The van der Waals surface area contributed by atoms with Gasteiger partial charge in [0, 0.05) is 18.8 Å². The summed E-state index contributed by atoms with van der Waals surface area (Å²) in [6.45, 7) is 2.69. The first-order valence-corrected chi connectivity index (χ1v) is 6.60. The molecular formula is C13H17N3O3. The van der Waals surface area contributed by atoms with E-state index in [0.29, 0.717) is 24.7 Å². The standard InChI is InChI=1S/C13H17N3O3/c1-7-4-11(15-14-7)12(17)16-5-9(8-2-3-8)10(6-16)13(18)19/h4,8-10H,2-3,5-6H2,1H3,(H,14,15)(H,18,19). The molecule has 2 unspecified atom stereocenters. The van der Waals surface area contributed by atoms with E-state index in [0.717, 1.165) is 18.5 Å². The number of carboxylic acid groups (broad SMARTS) is 1. The third-order valence-corrected chi connectivity index (χ3v) is 4.12. The van der Waals surface area contributed by atoms with Gasteiger partial charge < -0.3 is 10.0 Å². The molecule has 1 saturated heterocycles. The first-order chi connectivity index (χ1) is 9.06. The molecular weight excluding hydrogens is 246 g/mol. The van der Waals surface area contributed by atoms with E-state index in [2.05, 4.69) is 10.2 Å². The lowest BCUT2D eigenvalue weighted by atomic mass is 9.92. The van der Waals surface area contributed by atoms with Crippen molar-refractivity contribution in [3.63, 3.8) is 0 Å². The number of nitrogens with one attached hydrogen (secondary N) is 1. The summed E-state index contributed by atoms with van der Waals surface area (Å²) >= 11 is 0. The average molecular weight is 263 g/mol. The number of aliphatic carboxylic acids is 1. The van der Waals surface area contributed by atoms with Gasteiger partial charge in [-0.25, -0.2) is 0 Å². The van der Waals surface area contributed by atoms with E-state index in [9.17, 15) is 14.7 Å². The molecule has 0 spiro atoms. The van der Waals surface area contributed by atoms with E-state index in [1.807, 2.05) is 6.92 Å². The van der Waals surface area contributed by atoms with Crippen molar-refractivity contribution in [2.45, 2.75) is 19.8 Å². The zero-order chi connectivity index (χ0) is 13.6. The zero-order valence-corrected chi connectivity index (χ0v) is 10.8. The van der Waals surface area contributed by atoms with Crippen LogP contribution in [0.4, 0.5) is 0 Å². The van der Waals surface area contributed by atoms with Crippen molar-refractivity contribution in [3.8, 4) is 0 Å². The molecule has 2 N–H and O–H groups in total. The summed E-state index contributed by atoms with van der Waals surface area (Å²) in [6.07, 6.45) is 2.19. The molecule has 0 aromatic carbocycles. The molecule has 1 saturated carbocycles. The highest BCUT2D eigenvalue weighted by atomic mass is 16.4. The van der Waals surface area contributed by atoms with Crippen LogP contribution in [0.15, 0.2) is 6.07 Å². The number of carboxylic acids is 1. The molecule has 2 fully saturated rings. The highest BCUT2D eigenvalue weighted by Gasteiger charge is 2.47.